The quantitative estimate of drug-likeness (QED) is 0.663. The van der Waals surface area contributed by atoms with Crippen LogP contribution in [0.15, 0.2) is 59.2 Å². The van der Waals surface area contributed by atoms with Gasteiger partial charge in [-0.25, -0.2) is 0 Å². The Bertz CT molecular complexity index is 899. The third-order valence-corrected chi connectivity index (χ3v) is 4.16. The molecule has 0 atom stereocenters. The zero-order valence-corrected chi connectivity index (χ0v) is 14.7. The molecule has 1 aromatic heterocycles. The zero-order valence-electron chi connectivity index (χ0n) is 14.7. The molecule has 1 N–H and O–H groups in total. The van der Waals surface area contributed by atoms with Gasteiger partial charge in [0, 0.05) is 17.5 Å². The molecule has 2 aromatic carbocycles. The van der Waals surface area contributed by atoms with Gasteiger partial charge in [0.05, 0.1) is 12.7 Å². The van der Waals surface area contributed by atoms with Gasteiger partial charge >= 0.3 is 5.97 Å². The summed E-state index contributed by atoms with van der Waals surface area (Å²) in [6, 6.07) is 15.5. The van der Waals surface area contributed by atoms with E-state index in [1.807, 2.05) is 48.5 Å². The number of fused-ring (bicyclic) bond motifs is 1. The molecule has 0 saturated carbocycles. The molecule has 5 nitrogen and oxygen atoms in total. The zero-order chi connectivity index (χ0) is 18.4. The van der Waals surface area contributed by atoms with Crippen LogP contribution in [0.3, 0.4) is 0 Å². The summed E-state index contributed by atoms with van der Waals surface area (Å²) < 4.78 is 10.6. The molecule has 3 aromatic rings. The van der Waals surface area contributed by atoms with Gasteiger partial charge < -0.3 is 14.5 Å². The number of hydrogen-bond acceptors (Lipinski definition) is 4. The first-order chi connectivity index (χ1) is 12.7. The van der Waals surface area contributed by atoms with Crippen molar-refractivity contribution in [2.24, 2.45) is 0 Å². The van der Waals surface area contributed by atoms with Crippen molar-refractivity contribution in [2.75, 3.05) is 6.61 Å². The maximum Gasteiger partial charge on any atom is 0.310 e. The summed E-state index contributed by atoms with van der Waals surface area (Å²) in [5.41, 5.74) is 3.68. The number of aryl methyl sites for hydroxylation is 1. The summed E-state index contributed by atoms with van der Waals surface area (Å²) in [4.78, 5) is 23.8. The normalized spacial score (nSPS) is 10.7. The van der Waals surface area contributed by atoms with E-state index in [1.54, 1.807) is 6.26 Å². The van der Waals surface area contributed by atoms with Gasteiger partial charge in [0.2, 0.25) is 0 Å². The molecule has 0 radical (unpaired) electrons. The maximum absolute atomic E-state index is 12.0. The number of furan rings is 1. The Morgan fingerprint density at radius 3 is 2.65 bits per heavy atom. The Hall–Kier alpha value is -3.08. The molecule has 0 spiro atoms. The Morgan fingerprint density at radius 1 is 1.08 bits per heavy atom. The smallest absolute Gasteiger partial charge is 0.310 e. The van der Waals surface area contributed by atoms with E-state index in [4.69, 9.17) is 9.15 Å². The second-order valence-electron chi connectivity index (χ2n) is 6.04. The van der Waals surface area contributed by atoms with Gasteiger partial charge in [-0.15, -0.1) is 0 Å². The Kier molecular flexibility index (Phi) is 5.69. The molecule has 1 heterocycles. The van der Waals surface area contributed by atoms with Crippen molar-refractivity contribution in [3.8, 4) is 0 Å². The van der Waals surface area contributed by atoms with E-state index >= 15 is 0 Å². The molecule has 0 aliphatic heterocycles. The van der Waals surface area contributed by atoms with Gasteiger partial charge in [-0.05, 0) is 23.6 Å². The molecule has 134 valence electrons. The third kappa shape index (κ3) is 4.51. The minimum atomic E-state index is -0.456. The van der Waals surface area contributed by atoms with E-state index in [0.717, 1.165) is 28.5 Å². The summed E-state index contributed by atoms with van der Waals surface area (Å²) in [7, 11) is 0. The number of carbonyl (C=O) groups is 2. The number of hydrogen-bond donors (Lipinski definition) is 1. The summed E-state index contributed by atoms with van der Waals surface area (Å²) >= 11 is 0. The highest BCUT2D eigenvalue weighted by atomic mass is 16.5. The molecule has 0 fully saturated rings. The average molecular weight is 351 g/mol. The Morgan fingerprint density at radius 2 is 1.88 bits per heavy atom. The number of esters is 1. The lowest BCUT2D eigenvalue weighted by Crippen LogP contribution is -2.28. The van der Waals surface area contributed by atoms with Crippen LogP contribution in [0.4, 0.5) is 0 Å². The molecule has 3 rings (SSSR count). The lowest BCUT2D eigenvalue weighted by molar-refractivity contribution is -0.147. The number of benzene rings is 2. The molecule has 1 amide bonds. The van der Waals surface area contributed by atoms with Crippen LogP contribution in [-0.4, -0.2) is 18.5 Å². The third-order valence-electron chi connectivity index (χ3n) is 4.16. The van der Waals surface area contributed by atoms with E-state index in [-0.39, 0.29) is 18.9 Å². The SMILES string of the molecule is CCc1ccc2c(CC(=O)OCC(=O)NCc3ccccc3)coc2c1. The standard InChI is InChI=1S/C21H21NO4/c1-2-15-8-9-18-17(13-25-19(18)10-15)11-21(24)26-14-20(23)22-12-16-6-4-3-5-7-16/h3-10,13H,2,11-12,14H2,1H3,(H,22,23). The molecule has 26 heavy (non-hydrogen) atoms. The van der Waals surface area contributed by atoms with Gasteiger partial charge in [0.15, 0.2) is 6.61 Å². The van der Waals surface area contributed by atoms with Crippen LogP contribution in [-0.2, 0) is 33.7 Å². The predicted molar refractivity (Wildman–Crippen MR) is 98.5 cm³/mol. The van der Waals surface area contributed by atoms with Crippen molar-refractivity contribution in [1.29, 1.82) is 0 Å². The fraction of sp³-hybridized carbons (Fsp3) is 0.238. The Balaban J connectivity index is 1.49. The topological polar surface area (TPSA) is 68.5 Å². The number of amides is 1. The first-order valence-corrected chi connectivity index (χ1v) is 8.61. The van der Waals surface area contributed by atoms with Crippen molar-refractivity contribution in [3.05, 3.63) is 71.5 Å². The average Bonchev–Trinajstić information content (AvgIpc) is 3.07. The number of carbonyl (C=O) groups excluding carboxylic acids is 2. The highest BCUT2D eigenvalue weighted by Gasteiger charge is 2.13. The van der Waals surface area contributed by atoms with Crippen molar-refractivity contribution in [3.63, 3.8) is 0 Å². The minimum Gasteiger partial charge on any atom is -0.464 e. The number of nitrogens with one attached hydrogen (secondary N) is 1. The number of ether oxygens (including phenoxy) is 1. The first kappa shape index (κ1) is 17.7. The van der Waals surface area contributed by atoms with Crippen LogP contribution >= 0.6 is 0 Å². The van der Waals surface area contributed by atoms with Gasteiger partial charge in [0.1, 0.15) is 5.58 Å². The maximum atomic E-state index is 12.0. The molecule has 0 unspecified atom stereocenters. The van der Waals surface area contributed by atoms with Crippen LogP contribution < -0.4 is 5.32 Å². The van der Waals surface area contributed by atoms with Crippen LogP contribution in [0.1, 0.15) is 23.6 Å². The van der Waals surface area contributed by atoms with Gasteiger partial charge in [-0.1, -0.05) is 49.4 Å². The van der Waals surface area contributed by atoms with Crippen LogP contribution in [0.5, 0.6) is 0 Å². The van der Waals surface area contributed by atoms with Crippen LogP contribution in [0.25, 0.3) is 11.0 Å². The van der Waals surface area contributed by atoms with Crippen molar-refractivity contribution < 1.29 is 18.7 Å². The predicted octanol–water partition coefficient (Wildman–Crippen LogP) is 3.40. The second-order valence-corrected chi connectivity index (χ2v) is 6.04. The minimum absolute atomic E-state index is 0.0738. The molecular formula is C21H21NO4. The van der Waals surface area contributed by atoms with Gasteiger partial charge in [-0.2, -0.15) is 0 Å². The summed E-state index contributed by atoms with van der Waals surface area (Å²) in [5, 5.41) is 3.62. The molecule has 5 heteroatoms. The van der Waals surface area contributed by atoms with Crippen LogP contribution in [0, 0.1) is 0 Å². The molecular weight excluding hydrogens is 330 g/mol. The van der Waals surface area contributed by atoms with Crippen molar-refractivity contribution in [1.82, 2.24) is 5.32 Å². The van der Waals surface area contributed by atoms with Gasteiger partial charge in [-0.3, -0.25) is 9.59 Å². The lowest BCUT2D eigenvalue weighted by atomic mass is 10.1. The largest absolute Gasteiger partial charge is 0.464 e. The summed E-state index contributed by atoms with van der Waals surface area (Å²) in [6.07, 6.45) is 2.57. The lowest BCUT2D eigenvalue weighted by Gasteiger charge is -2.06. The van der Waals surface area contributed by atoms with E-state index in [0.29, 0.717) is 6.54 Å². The van der Waals surface area contributed by atoms with E-state index < -0.39 is 5.97 Å². The summed E-state index contributed by atoms with van der Waals surface area (Å²) in [5.74, 6) is -0.783. The molecule has 0 aliphatic carbocycles. The van der Waals surface area contributed by atoms with Crippen molar-refractivity contribution >= 4 is 22.8 Å². The molecule has 0 saturated heterocycles. The van der Waals surface area contributed by atoms with E-state index in [1.165, 1.54) is 5.56 Å². The van der Waals surface area contributed by atoms with Crippen LogP contribution in [0.2, 0.25) is 0 Å². The highest BCUT2D eigenvalue weighted by Crippen LogP contribution is 2.23. The molecule has 0 bridgehead atoms. The fourth-order valence-corrected chi connectivity index (χ4v) is 2.68. The first-order valence-electron chi connectivity index (χ1n) is 8.61. The highest BCUT2D eigenvalue weighted by molar-refractivity contribution is 5.87. The summed E-state index contributed by atoms with van der Waals surface area (Å²) in [6.45, 7) is 2.19. The van der Waals surface area contributed by atoms with Gasteiger partial charge in [0.25, 0.3) is 5.91 Å². The second kappa shape index (κ2) is 8.34. The number of rotatable bonds is 7. The van der Waals surface area contributed by atoms with E-state index in [2.05, 4.69) is 12.2 Å². The Labute approximate surface area is 152 Å². The fourth-order valence-electron chi connectivity index (χ4n) is 2.68. The van der Waals surface area contributed by atoms with Crippen molar-refractivity contribution in [2.45, 2.75) is 26.3 Å². The van der Waals surface area contributed by atoms with E-state index in [9.17, 15) is 9.59 Å². The molecule has 0 aliphatic rings. The monoisotopic (exact) mass is 351 g/mol.